The fraction of sp³-hybridized carbons (Fsp3) is 0.429. The van der Waals surface area contributed by atoms with Crippen molar-refractivity contribution in [3.8, 4) is 5.75 Å². The molecule has 5 heteroatoms. The maximum Gasteiger partial charge on any atom is 0.258 e. The lowest BCUT2D eigenvalue weighted by Gasteiger charge is -2.09. The summed E-state index contributed by atoms with van der Waals surface area (Å²) >= 11 is 0. The van der Waals surface area contributed by atoms with Crippen LogP contribution in [0.5, 0.6) is 5.75 Å². The number of aromatic nitrogens is 1. The molecule has 0 aromatic carbocycles. The van der Waals surface area contributed by atoms with Gasteiger partial charge in [-0.05, 0) is 12.1 Å². The molecule has 0 bridgehead atoms. The summed E-state index contributed by atoms with van der Waals surface area (Å²) in [7, 11) is 0. The fourth-order valence-electron chi connectivity index (χ4n) is 1.30. The zero-order valence-electron chi connectivity index (χ0n) is 11.5. The fourth-order valence-corrected chi connectivity index (χ4v) is 1.30. The number of hydrogen-bond donors (Lipinski definition) is 2. The third kappa shape index (κ3) is 6.57. The zero-order chi connectivity index (χ0) is 14.1. The topological polar surface area (TPSA) is 63.2 Å². The van der Waals surface area contributed by atoms with Gasteiger partial charge >= 0.3 is 0 Å². The number of nitrogens with one attached hydrogen (secondary N) is 2. The number of nitrogens with zero attached hydrogens (tertiary/aromatic N) is 1. The third-order valence-corrected chi connectivity index (χ3v) is 2.30. The van der Waals surface area contributed by atoms with Gasteiger partial charge in [-0.15, -0.1) is 6.58 Å². The normalized spacial score (nSPS) is 10.3. The molecule has 0 spiro atoms. The number of carbonyl (C=O) groups excluding carboxylic acids is 1. The molecule has 0 radical (unpaired) electrons. The van der Waals surface area contributed by atoms with Crippen LogP contribution < -0.4 is 15.4 Å². The minimum Gasteiger partial charge on any atom is -0.482 e. The summed E-state index contributed by atoms with van der Waals surface area (Å²) in [5.74, 6) is 0.410. The highest BCUT2D eigenvalue weighted by Crippen LogP contribution is 2.08. The second-order valence-corrected chi connectivity index (χ2v) is 4.40. The smallest absolute Gasteiger partial charge is 0.258 e. The summed E-state index contributed by atoms with van der Waals surface area (Å²) in [6, 6.07) is 4.11. The molecule has 1 heterocycles. The molecule has 2 N–H and O–H groups in total. The monoisotopic (exact) mass is 263 g/mol. The molecular formula is C14H21N3O2. The first-order valence-electron chi connectivity index (χ1n) is 6.30. The Labute approximate surface area is 114 Å². The van der Waals surface area contributed by atoms with E-state index in [1.165, 1.54) is 0 Å². The van der Waals surface area contributed by atoms with E-state index in [-0.39, 0.29) is 12.5 Å². The Hall–Kier alpha value is -1.88. The minimum absolute atomic E-state index is 0.0148. The lowest BCUT2D eigenvalue weighted by atomic mass is 10.3. The highest BCUT2D eigenvalue weighted by atomic mass is 16.5. The summed E-state index contributed by atoms with van der Waals surface area (Å²) in [6.45, 7) is 8.83. The van der Waals surface area contributed by atoms with Gasteiger partial charge in [-0.3, -0.25) is 9.78 Å². The van der Waals surface area contributed by atoms with E-state index >= 15 is 0 Å². The van der Waals surface area contributed by atoms with E-state index in [0.29, 0.717) is 18.3 Å². The average molecular weight is 263 g/mol. The molecule has 0 aliphatic heterocycles. The molecular weight excluding hydrogens is 242 g/mol. The first kappa shape index (κ1) is 15.2. The van der Waals surface area contributed by atoms with E-state index < -0.39 is 0 Å². The predicted molar refractivity (Wildman–Crippen MR) is 74.9 cm³/mol. The summed E-state index contributed by atoms with van der Waals surface area (Å²) < 4.78 is 5.32. The first-order chi connectivity index (χ1) is 9.11. The average Bonchev–Trinajstić information content (AvgIpc) is 2.41. The van der Waals surface area contributed by atoms with Crippen LogP contribution in [0.2, 0.25) is 0 Å². The molecule has 5 nitrogen and oxygen atoms in total. The van der Waals surface area contributed by atoms with Gasteiger partial charge in [0.2, 0.25) is 0 Å². The molecule has 1 aromatic rings. The second kappa shape index (κ2) is 8.26. The molecule has 0 saturated carbocycles. The maximum absolute atomic E-state index is 11.3. The minimum atomic E-state index is -0.176. The SMILES string of the molecule is C=CCNC(=O)COc1ccc(CNC(C)C)nc1. The first-order valence-corrected chi connectivity index (χ1v) is 6.30. The van der Waals surface area contributed by atoms with E-state index in [0.717, 1.165) is 12.2 Å². The van der Waals surface area contributed by atoms with Gasteiger partial charge in [-0.1, -0.05) is 19.9 Å². The highest BCUT2D eigenvalue weighted by Gasteiger charge is 2.02. The van der Waals surface area contributed by atoms with Crippen LogP contribution >= 0.6 is 0 Å². The Morgan fingerprint density at radius 2 is 2.32 bits per heavy atom. The van der Waals surface area contributed by atoms with Crippen LogP contribution in [0.25, 0.3) is 0 Å². The van der Waals surface area contributed by atoms with Gasteiger partial charge in [0, 0.05) is 19.1 Å². The summed E-state index contributed by atoms with van der Waals surface area (Å²) in [5.41, 5.74) is 0.942. The number of carbonyl (C=O) groups is 1. The van der Waals surface area contributed by atoms with Crippen molar-refractivity contribution >= 4 is 5.91 Å². The quantitative estimate of drug-likeness (QED) is 0.693. The van der Waals surface area contributed by atoms with Crippen LogP contribution in [-0.2, 0) is 11.3 Å². The standard InChI is InChI=1S/C14H21N3O2/c1-4-7-15-14(18)10-19-13-6-5-12(17-9-13)8-16-11(2)3/h4-6,9,11,16H,1,7-8,10H2,2-3H3,(H,15,18). The van der Waals surface area contributed by atoms with Crippen molar-refractivity contribution in [3.63, 3.8) is 0 Å². The molecule has 104 valence electrons. The third-order valence-electron chi connectivity index (χ3n) is 2.30. The summed E-state index contributed by atoms with van der Waals surface area (Å²) in [4.78, 5) is 15.6. The van der Waals surface area contributed by atoms with Gasteiger partial charge < -0.3 is 15.4 Å². The largest absolute Gasteiger partial charge is 0.482 e. The van der Waals surface area contributed by atoms with Crippen molar-refractivity contribution in [2.24, 2.45) is 0 Å². The Balaban J connectivity index is 2.35. The molecule has 0 saturated heterocycles. The van der Waals surface area contributed by atoms with Gasteiger partial charge in [-0.25, -0.2) is 0 Å². The second-order valence-electron chi connectivity index (χ2n) is 4.40. The summed E-state index contributed by atoms with van der Waals surface area (Å²) in [5, 5.41) is 5.91. The number of pyridine rings is 1. The molecule has 0 atom stereocenters. The highest BCUT2D eigenvalue weighted by molar-refractivity contribution is 5.77. The van der Waals surface area contributed by atoms with E-state index in [9.17, 15) is 4.79 Å². The van der Waals surface area contributed by atoms with E-state index in [1.807, 2.05) is 12.1 Å². The number of ether oxygens (including phenoxy) is 1. The van der Waals surface area contributed by atoms with Gasteiger partial charge in [0.05, 0.1) is 11.9 Å². The number of rotatable bonds is 8. The van der Waals surface area contributed by atoms with Crippen molar-refractivity contribution in [2.75, 3.05) is 13.2 Å². The van der Waals surface area contributed by atoms with Crippen molar-refractivity contribution < 1.29 is 9.53 Å². The van der Waals surface area contributed by atoms with Gasteiger partial charge in [0.25, 0.3) is 5.91 Å². The lowest BCUT2D eigenvalue weighted by Crippen LogP contribution is -2.28. The molecule has 19 heavy (non-hydrogen) atoms. The molecule has 0 unspecified atom stereocenters. The van der Waals surface area contributed by atoms with E-state index in [1.54, 1.807) is 12.3 Å². The molecule has 1 aromatic heterocycles. The number of hydrogen-bond acceptors (Lipinski definition) is 4. The predicted octanol–water partition coefficient (Wildman–Crippen LogP) is 1.26. The van der Waals surface area contributed by atoms with Crippen molar-refractivity contribution in [3.05, 3.63) is 36.7 Å². The Bertz CT molecular complexity index is 402. The van der Waals surface area contributed by atoms with Crippen molar-refractivity contribution in [2.45, 2.75) is 26.4 Å². The van der Waals surface area contributed by atoms with E-state index in [2.05, 4.69) is 36.0 Å². The van der Waals surface area contributed by atoms with Crippen LogP contribution in [-0.4, -0.2) is 30.1 Å². The van der Waals surface area contributed by atoms with Crippen LogP contribution in [0, 0.1) is 0 Å². The Kier molecular flexibility index (Phi) is 6.60. The zero-order valence-corrected chi connectivity index (χ0v) is 11.5. The van der Waals surface area contributed by atoms with Crippen LogP contribution in [0.3, 0.4) is 0 Å². The lowest BCUT2D eigenvalue weighted by molar-refractivity contribution is -0.122. The van der Waals surface area contributed by atoms with E-state index in [4.69, 9.17) is 4.74 Å². The maximum atomic E-state index is 11.3. The van der Waals surface area contributed by atoms with Crippen LogP contribution in [0.4, 0.5) is 0 Å². The van der Waals surface area contributed by atoms with Gasteiger partial charge in [-0.2, -0.15) is 0 Å². The van der Waals surface area contributed by atoms with Crippen LogP contribution in [0.1, 0.15) is 19.5 Å². The Morgan fingerprint density at radius 1 is 1.53 bits per heavy atom. The van der Waals surface area contributed by atoms with Crippen molar-refractivity contribution in [1.82, 2.24) is 15.6 Å². The molecule has 1 rings (SSSR count). The molecule has 0 fully saturated rings. The van der Waals surface area contributed by atoms with Gasteiger partial charge in [0.15, 0.2) is 6.61 Å². The molecule has 0 aliphatic carbocycles. The number of amides is 1. The molecule has 0 aliphatic rings. The summed E-state index contributed by atoms with van der Waals surface area (Å²) in [6.07, 6.45) is 3.24. The van der Waals surface area contributed by atoms with Gasteiger partial charge in [0.1, 0.15) is 5.75 Å². The Morgan fingerprint density at radius 3 is 2.89 bits per heavy atom. The van der Waals surface area contributed by atoms with Crippen molar-refractivity contribution in [1.29, 1.82) is 0 Å². The van der Waals surface area contributed by atoms with Crippen LogP contribution in [0.15, 0.2) is 31.0 Å². The molecule has 1 amide bonds.